The molecule has 2 aromatic rings. The lowest BCUT2D eigenvalue weighted by atomic mass is 10.1. The average molecular weight is 289 g/mol. The first-order valence-electron chi connectivity index (χ1n) is 5.22. The number of hydrogen-bond acceptors (Lipinski definition) is 3. The lowest BCUT2D eigenvalue weighted by Crippen LogP contribution is -2.21. The van der Waals surface area contributed by atoms with Crippen molar-refractivity contribution in [3.63, 3.8) is 0 Å². The fraction of sp³-hybridized carbons (Fsp3) is 0.167. The number of benzene rings is 1. The van der Waals surface area contributed by atoms with Crippen LogP contribution >= 0.6 is 0 Å². The van der Waals surface area contributed by atoms with Crippen molar-refractivity contribution in [2.75, 3.05) is 0 Å². The summed E-state index contributed by atoms with van der Waals surface area (Å²) >= 11 is 0. The van der Waals surface area contributed by atoms with Crippen LogP contribution < -0.4 is 5.73 Å². The van der Waals surface area contributed by atoms with Gasteiger partial charge in [0.2, 0.25) is 0 Å². The number of carboxylic acids is 1. The molecule has 0 aliphatic carbocycles. The van der Waals surface area contributed by atoms with Crippen LogP contribution in [0.4, 0.5) is 13.2 Å². The molecule has 0 unspecified atom stereocenters. The number of carbonyl (C=O) groups is 2. The smallest absolute Gasteiger partial charge is 0.475 e. The number of hydrogen-bond donors (Lipinski definition) is 2. The van der Waals surface area contributed by atoms with Crippen LogP contribution in [0.1, 0.15) is 16.1 Å². The second-order valence-electron chi connectivity index (χ2n) is 3.72. The zero-order chi connectivity index (χ0) is 15.5. The fourth-order valence-corrected chi connectivity index (χ4v) is 1.41. The number of primary amides is 1. The summed E-state index contributed by atoms with van der Waals surface area (Å²) in [6.45, 7) is 1.83. The van der Waals surface area contributed by atoms with Crippen molar-refractivity contribution >= 4 is 22.8 Å². The average Bonchev–Trinajstić information content (AvgIpc) is 2.67. The van der Waals surface area contributed by atoms with Crippen LogP contribution in [-0.4, -0.2) is 23.2 Å². The summed E-state index contributed by atoms with van der Waals surface area (Å²) in [6, 6.07) is 7.47. The minimum Gasteiger partial charge on any atom is -0.475 e. The van der Waals surface area contributed by atoms with E-state index in [9.17, 15) is 18.0 Å². The van der Waals surface area contributed by atoms with E-state index in [1.807, 2.05) is 31.2 Å². The number of para-hydroxylation sites is 1. The molecule has 1 aromatic carbocycles. The molecule has 0 fully saturated rings. The van der Waals surface area contributed by atoms with E-state index in [1.54, 1.807) is 0 Å². The molecule has 0 atom stereocenters. The van der Waals surface area contributed by atoms with Crippen molar-refractivity contribution in [2.24, 2.45) is 5.73 Å². The molecule has 1 heterocycles. The van der Waals surface area contributed by atoms with Crippen molar-refractivity contribution in [1.29, 1.82) is 0 Å². The van der Waals surface area contributed by atoms with Crippen molar-refractivity contribution in [3.05, 3.63) is 35.6 Å². The number of alkyl halides is 3. The highest BCUT2D eigenvalue weighted by atomic mass is 19.4. The van der Waals surface area contributed by atoms with Crippen LogP contribution in [-0.2, 0) is 4.79 Å². The molecular weight excluding hydrogens is 279 g/mol. The van der Waals surface area contributed by atoms with Gasteiger partial charge < -0.3 is 15.3 Å². The van der Waals surface area contributed by atoms with Crippen LogP contribution in [0.25, 0.3) is 11.0 Å². The molecular formula is C12H10F3NO4. The van der Waals surface area contributed by atoms with Crippen molar-refractivity contribution in [2.45, 2.75) is 13.1 Å². The fourth-order valence-electron chi connectivity index (χ4n) is 1.41. The number of fused-ring (bicyclic) bond motifs is 1. The third kappa shape index (κ3) is 3.50. The number of aliphatic carboxylic acids is 1. The Morgan fingerprint density at radius 3 is 2.15 bits per heavy atom. The molecule has 20 heavy (non-hydrogen) atoms. The summed E-state index contributed by atoms with van der Waals surface area (Å²) in [4.78, 5) is 19.8. The van der Waals surface area contributed by atoms with E-state index >= 15 is 0 Å². The Morgan fingerprint density at radius 2 is 1.75 bits per heavy atom. The molecule has 3 N–H and O–H groups in total. The highest BCUT2D eigenvalue weighted by molar-refractivity contribution is 5.97. The molecule has 0 radical (unpaired) electrons. The Kier molecular flexibility index (Phi) is 4.38. The van der Waals surface area contributed by atoms with E-state index in [0.717, 1.165) is 10.9 Å². The van der Waals surface area contributed by atoms with E-state index in [0.29, 0.717) is 5.58 Å². The quantitative estimate of drug-likeness (QED) is 0.843. The molecule has 0 aliphatic rings. The number of nitrogens with two attached hydrogens (primary N) is 1. The molecule has 0 saturated carbocycles. The Bertz CT molecular complexity index is 646. The summed E-state index contributed by atoms with van der Waals surface area (Å²) in [5, 5.41) is 8.07. The maximum atomic E-state index is 10.9. The SMILES string of the molecule is Cc1c(C(N)=O)oc2ccccc12.O=C(O)C(F)(F)F. The zero-order valence-electron chi connectivity index (χ0n) is 10.2. The first-order chi connectivity index (χ1) is 9.14. The summed E-state index contributed by atoms with van der Waals surface area (Å²) < 4.78 is 37.0. The Labute approximate surface area is 110 Å². The van der Waals surface area contributed by atoms with Gasteiger partial charge in [-0.3, -0.25) is 4.79 Å². The highest BCUT2D eigenvalue weighted by Crippen LogP contribution is 2.24. The van der Waals surface area contributed by atoms with E-state index in [-0.39, 0.29) is 5.76 Å². The number of carbonyl (C=O) groups excluding carboxylic acids is 1. The van der Waals surface area contributed by atoms with Crippen molar-refractivity contribution < 1.29 is 32.3 Å². The standard InChI is InChI=1S/C10H9NO2.C2HF3O2/c1-6-7-4-2-3-5-8(7)13-9(6)10(11)12;3-2(4,5)1(6)7/h2-5H,1H3,(H2,11,12);(H,6,7). The van der Waals surface area contributed by atoms with Gasteiger partial charge in [0.1, 0.15) is 5.58 Å². The summed E-state index contributed by atoms with van der Waals surface area (Å²) in [5.74, 6) is -3.03. The number of rotatable bonds is 1. The molecule has 5 nitrogen and oxygen atoms in total. The van der Waals surface area contributed by atoms with E-state index in [1.165, 1.54) is 0 Å². The first kappa shape index (κ1) is 15.5. The maximum Gasteiger partial charge on any atom is 0.490 e. The van der Waals surface area contributed by atoms with Gasteiger partial charge >= 0.3 is 12.1 Å². The van der Waals surface area contributed by atoms with Gasteiger partial charge in [-0.25, -0.2) is 4.79 Å². The Hall–Kier alpha value is -2.51. The van der Waals surface area contributed by atoms with Crippen LogP contribution in [0.3, 0.4) is 0 Å². The molecule has 0 aliphatic heterocycles. The zero-order valence-corrected chi connectivity index (χ0v) is 10.2. The summed E-state index contributed by atoms with van der Waals surface area (Å²) in [7, 11) is 0. The van der Waals surface area contributed by atoms with Gasteiger partial charge in [-0.2, -0.15) is 13.2 Å². The molecule has 1 aromatic heterocycles. The predicted molar refractivity (Wildman–Crippen MR) is 63.2 cm³/mol. The van der Waals surface area contributed by atoms with Gasteiger partial charge in [0.15, 0.2) is 5.76 Å². The van der Waals surface area contributed by atoms with Crippen molar-refractivity contribution in [1.82, 2.24) is 0 Å². The number of halogens is 3. The van der Waals surface area contributed by atoms with Gasteiger partial charge in [-0.15, -0.1) is 0 Å². The molecule has 108 valence electrons. The first-order valence-corrected chi connectivity index (χ1v) is 5.22. The van der Waals surface area contributed by atoms with Gasteiger partial charge in [-0.05, 0) is 13.0 Å². The van der Waals surface area contributed by atoms with Gasteiger partial charge in [-0.1, -0.05) is 18.2 Å². The lowest BCUT2D eigenvalue weighted by Gasteiger charge is -1.93. The normalized spacial score (nSPS) is 10.8. The van der Waals surface area contributed by atoms with Crippen LogP contribution in [0.15, 0.2) is 28.7 Å². The van der Waals surface area contributed by atoms with Crippen LogP contribution in [0.2, 0.25) is 0 Å². The summed E-state index contributed by atoms with van der Waals surface area (Å²) in [5.41, 5.74) is 6.66. The van der Waals surface area contributed by atoms with Gasteiger partial charge in [0, 0.05) is 10.9 Å². The Balaban J connectivity index is 0.000000246. The number of aryl methyl sites for hydroxylation is 1. The lowest BCUT2D eigenvalue weighted by molar-refractivity contribution is -0.192. The van der Waals surface area contributed by atoms with Crippen LogP contribution in [0.5, 0.6) is 0 Å². The summed E-state index contributed by atoms with van der Waals surface area (Å²) in [6.07, 6.45) is -5.08. The number of carboxylic acid groups (broad SMARTS) is 1. The third-order valence-electron chi connectivity index (χ3n) is 2.31. The molecule has 1 amide bonds. The molecule has 0 saturated heterocycles. The topological polar surface area (TPSA) is 93.5 Å². The monoisotopic (exact) mass is 289 g/mol. The second-order valence-corrected chi connectivity index (χ2v) is 3.72. The van der Waals surface area contributed by atoms with E-state index < -0.39 is 18.1 Å². The second kappa shape index (κ2) is 5.64. The van der Waals surface area contributed by atoms with Crippen LogP contribution in [0, 0.1) is 6.92 Å². The number of amides is 1. The van der Waals surface area contributed by atoms with Gasteiger partial charge in [0.05, 0.1) is 0 Å². The van der Waals surface area contributed by atoms with Crippen molar-refractivity contribution in [3.8, 4) is 0 Å². The van der Waals surface area contributed by atoms with Gasteiger partial charge in [0.25, 0.3) is 5.91 Å². The van der Waals surface area contributed by atoms with E-state index in [4.69, 9.17) is 20.1 Å². The molecule has 0 bridgehead atoms. The largest absolute Gasteiger partial charge is 0.490 e. The number of furan rings is 1. The minimum absolute atomic E-state index is 0.251. The molecule has 8 heteroatoms. The minimum atomic E-state index is -5.08. The Morgan fingerprint density at radius 1 is 1.25 bits per heavy atom. The molecule has 0 spiro atoms. The van der Waals surface area contributed by atoms with E-state index in [2.05, 4.69) is 0 Å². The molecule has 2 rings (SSSR count). The maximum absolute atomic E-state index is 10.9. The predicted octanol–water partition coefficient (Wildman–Crippen LogP) is 2.47. The third-order valence-corrected chi connectivity index (χ3v) is 2.31. The highest BCUT2D eigenvalue weighted by Gasteiger charge is 2.38.